The van der Waals surface area contributed by atoms with E-state index in [0.29, 0.717) is 6.61 Å². The topological polar surface area (TPSA) is 106 Å². The molecule has 2 aromatic rings. The third-order valence-corrected chi connectivity index (χ3v) is 4.95. The molecule has 0 unspecified atom stereocenters. The molecule has 0 saturated carbocycles. The Morgan fingerprint density at radius 2 is 1.34 bits per heavy atom. The minimum atomic E-state index is -0.975. The number of carbonyl (C=O) groups excluding carboxylic acids is 2. The summed E-state index contributed by atoms with van der Waals surface area (Å²) in [6.07, 6.45) is -4.35. The molecule has 8 nitrogen and oxygen atoms in total. The Labute approximate surface area is 187 Å². The van der Waals surface area contributed by atoms with Gasteiger partial charge in [0.25, 0.3) is 0 Å². The van der Waals surface area contributed by atoms with Crippen molar-refractivity contribution in [3.63, 3.8) is 0 Å². The zero-order chi connectivity index (χ0) is 22.9. The molecule has 1 aliphatic heterocycles. The van der Waals surface area contributed by atoms with Crippen LogP contribution in [-0.4, -0.2) is 49.2 Å². The molecule has 1 heterocycles. The number of rotatable bonds is 9. The number of ether oxygens (including phenoxy) is 5. The average molecular weight is 443 g/mol. The first-order chi connectivity index (χ1) is 15.4. The molecule has 0 spiro atoms. The molecule has 0 amide bonds. The lowest BCUT2D eigenvalue weighted by atomic mass is 9.97. The first-order valence-electron chi connectivity index (χ1n) is 10.5. The first kappa shape index (κ1) is 23.9. The van der Waals surface area contributed by atoms with E-state index in [0.717, 1.165) is 11.1 Å². The van der Waals surface area contributed by atoms with Crippen LogP contribution in [0.15, 0.2) is 60.7 Å². The SMILES string of the molecule is CC(=O)O[C@@H]1[C@@H](OCc2ccccc2)[C@H](OC(C)=O)[C@@H](COCc2ccccc2)O[C@H]1N. The summed E-state index contributed by atoms with van der Waals surface area (Å²) in [7, 11) is 0. The summed E-state index contributed by atoms with van der Waals surface area (Å²) >= 11 is 0. The number of benzene rings is 2. The van der Waals surface area contributed by atoms with Crippen LogP contribution in [0.25, 0.3) is 0 Å². The van der Waals surface area contributed by atoms with E-state index in [9.17, 15) is 9.59 Å². The lowest BCUT2D eigenvalue weighted by molar-refractivity contribution is -0.258. The van der Waals surface area contributed by atoms with Crippen molar-refractivity contribution in [1.29, 1.82) is 0 Å². The summed E-state index contributed by atoms with van der Waals surface area (Å²) < 4.78 is 28.7. The Balaban J connectivity index is 1.76. The van der Waals surface area contributed by atoms with E-state index in [-0.39, 0.29) is 13.2 Å². The van der Waals surface area contributed by atoms with E-state index in [2.05, 4.69) is 0 Å². The summed E-state index contributed by atoms with van der Waals surface area (Å²) in [4.78, 5) is 23.6. The van der Waals surface area contributed by atoms with Gasteiger partial charge in [-0.3, -0.25) is 9.59 Å². The number of hydrogen-bond donors (Lipinski definition) is 1. The van der Waals surface area contributed by atoms with Gasteiger partial charge in [0.05, 0.1) is 19.8 Å². The summed E-state index contributed by atoms with van der Waals surface area (Å²) in [5.41, 5.74) is 8.08. The fourth-order valence-electron chi connectivity index (χ4n) is 3.56. The molecule has 0 bridgehead atoms. The van der Waals surface area contributed by atoms with E-state index < -0.39 is 42.6 Å². The zero-order valence-electron chi connectivity index (χ0n) is 18.2. The smallest absolute Gasteiger partial charge is 0.303 e. The van der Waals surface area contributed by atoms with Crippen LogP contribution in [0.2, 0.25) is 0 Å². The largest absolute Gasteiger partial charge is 0.457 e. The number of hydrogen-bond acceptors (Lipinski definition) is 8. The van der Waals surface area contributed by atoms with Crippen molar-refractivity contribution in [2.24, 2.45) is 5.73 Å². The fourth-order valence-corrected chi connectivity index (χ4v) is 3.56. The Bertz CT molecular complexity index is 861. The van der Waals surface area contributed by atoms with Crippen LogP contribution in [0.1, 0.15) is 25.0 Å². The molecule has 0 radical (unpaired) electrons. The third-order valence-electron chi connectivity index (χ3n) is 4.95. The second kappa shape index (κ2) is 11.7. The molecule has 3 rings (SSSR count). The van der Waals surface area contributed by atoms with E-state index in [1.165, 1.54) is 13.8 Å². The molecule has 1 saturated heterocycles. The van der Waals surface area contributed by atoms with Gasteiger partial charge in [0, 0.05) is 13.8 Å². The predicted molar refractivity (Wildman–Crippen MR) is 115 cm³/mol. The molecule has 2 aromatic carbocycles. The van der Waals surface area contributed by atoms with Crippen LogP contribution < -0.4 is 5.73 Å². The van der Waals surface area contributed by atoms with Gasteiger partial charge in [0.1, 0.15) is 18.4 Å². The number of esters is 2. The Morgan fingerprint density at radius 3 is 1.91 bits per heavy atom. The average Bonchev–Trinajstić information content (AvgIpc) is 2.77. The molecule has 1 aliphatic rings. The molecular formula is C24H29NO7. The van der Waals surface area contributed by atoms with E-state index in [4.69, 9.17) is 29.4 Å². The molecule has 5 atom stereocenters. The number of carbonyl (C=O) groups is 2. The Hall–Kier alpha value is -2.78. The van der Waals surface area contributed by atoms with Crippen LogP contribution in [0.3, 0.4) is 0 Å². The van der Waals surface area contributed by atoms with Crippen LogP contribution in [-0.2, 0) is 46.5 Å². The van der Waals surface area contributed by atoms with Gasteiger partial charge in [0.2, 0.25) is 0 Å². The van der Waals surface area contributed by atoms with E-state index in [1.54, 1.807) is 0 Å². The van der Waals surface area contributed by atoms with Gasteiger partial charge >= 0.3 is 11.9 Å². The van der Waals surface area contributed by atoms with Crippen molar-refractivity contribution < 1.29 is 33.3 Å². The molecule has 0 aromatic heterocycles. The molecule has 1 fully saturated rings. The molecule has 172 valence electrons. The molecule has 8 heteroatoms. The Kier molecular flexibility index (Phi) is 8.75. The predicted octanol–water partition coefficient (Wildman–Crippen LogP) is 2.34. The summed E-state index contributed by atoms with van der Waals surface area (Å²) in [6.45, 7) is 3.25. The quantitative estimate of drug-likeness (QED) is 0.589. The standard InChI is InChI=1S/C24H29NO7/c1-16(26)30-21-20(15-28-13-18-9-5-3-6-10-18)32-24(25)23(31-17(2)27)22(21)29-14-19-11-7-4-8-12-19/h3-12,20-24H,13-15,25H2,1-2H3/t20-,21-,22+,23-,24-/m1/s1. The van der Waals surface area contributed by atoms with Crippen molar-refractivity contribution in [3.8, 4) is 0 Å². The zero-order valence-corrected chi connectivity index (χ0v) is 18.2. The van der Waals surface area contributed by atoms with Crippen molar-refractivity contribution >= 4 is 11.9 Å². The summed E-state index contributed by atoms with van der Waals surface area (Å²) in [5, 5.41) is 0. The monoisotopic (exact) mass is 443 g/mol. The highest BCUT2D eigenvalue weighted by molar-refractivity contribution is 5.67. The second-order valence-electron chi connectivity index (χ2n) is 7.55. The maximum Gasteiger partial charge on any atom is 0.303 e. The lowest BCUT2D eigenvalue weighted by Crippen LogP contribution is -2.64. The van der Waals surface area contributed by atoms with Crippen molar-refractivity contribution in [2.75, 3.05) is 6.61 Å². The molecular weight excluding hydrogens is 414 g/mol. The minimum Gasteiger partial charge on any atom is -0.457 e. The second-order valence-corrected chi connectivity index (χ2v) is 7.55. The van der Waals surface area contributed by atoms with Crippen molar-refractivity contribution in [2.45, 2.75) is 57.7 Å². The van der Waals surface area contributed by atoms with Crippen LogP contribution in [0.5, 0.6) is 0 Å². The van der Waals surface area contributed by atoms with Crippen LogP contribution in [0, 0.1) is 0 Å². The maximum absolute atomic E-state index is 11.9. The van der Waals surface area contributed by atoms with Gasteiger partial charge < -0.3 is 29.4 Å². The van der Waals surface area contributed by atoms with Gasteiger partial charge in [-0.1, -0.05) is 60.7 Å². The van der Waals surface area contributed by atoms with Crippen LogP contribution in [0.4, 0.5) is 0 Å². The third kappa shape index (κ3) is 6.86. The summed E-state index contributed by atoms with van der Waals surface area (Å²) in [6, 6.07) is 19.1. The highest BCUT2D eigenvalue weighted by Gasteiger charge is 2.49. The van der Waals surface area contributed by atoms with E-state index >= 15 is 0 Å². The number of nitrogens with two attached hydrogens (primary N) is 1. The summed E-state index contributed by atoms with van der Waals surface area (Å²) in [5.74, 6) is -1.06. The highest BCUT2D eigenvalue weighted by atomic mass is 16.6. The minimum absolute atomic E-state index is 0.110. The normalized spacial score (nSPS) is 25.2. The van der Waals surface area contributed by atoms with Crippen molar-refractivity contribution in [3.05, 3.63) is 71.8 Å². The molecule has 0 aliphatic carbocycles. The lowest BCUT2D eigenvalue weighted by Gasteiger charge is -2.44. The van der Waals surface area contributed by atoms with Gasteiger partial charge in [-0.25, -0.2) is 0 Å². The first-order valence-corrected chi connectivity index (χ1v) is 10.5. The van der Waals surface area contributed by atoms with E-state index in [1.807, 2.05) is 60.7 Å². The highest BCUT2D eigenvalue weighted by Crippen LogP contribution is 2.28. The van der Waals surface area contributed by atoms with Gasteiger partial charge in [-0.15, -0.1) is 0 Å². The van der Waals surface area contributed by atoms with Gasteiger partial charge in [0.15, 0.2) is 12.2 Å². The maximum atomic E-state index is 11.9. The van der Waals surface area contributed by atoms with Crippen molar-refractivity contribution in [1.82, 2.24) is 0 Å². The Morgan fingerprint density at radius 1 is 0.812 bits per heavy atom. The van der Waals surface area contributed by atoms with Gasteiger partial charge in [-0.05, 0) is 11.1 Å². The van der Waals surface area contributed by atoms with Gasteiger partial charge in [-0.2, -0.15) is 0 Å². The fraction of sp³-hybridized carbons (Fsp3) is 0.417. The molecule has 2 N–H and O–H groups in total. The molecule has 32 heavy (non-hydrogen) atoms. The van der Waals surface area contributed by atoms with Crippen LogP contribution >= 0.6 is 0 Å².